The van der Waals surface area contributed by atoms with Gasteiger partial charge in [0.15, 0.2) is 0 Å². The average molecular weight is 347 g/mol. The fourth-order valence-corrected chi connectivity index (χ4v) is 3.39. The summed E-state index contributed by atoms with van der Waals surface area (Å²) in [6.45, 7) is 0.744. The summed E-state index contributed by atoms with van der Waals surface area (Å²) in [7, 11) is 0. The first-order chi connectivity index (χ1) is 12.9. The summed E-state index contributed by atoms with van der Waals surface area (Å²) in [6, 6.07) is 8.09. The molecule has 4 aromatic rings. The summed E-state index contributed by atoms with van der Waals surface area (Å²) in [5.41, 5.74) is 4.18. The van der Waals surface area contributed by atoms with Crippen molar-refractivity contribution in [3.05, 3.63) is 59.8 Å². The lowest BCUT2D eigenvalue weighted by Crippen LogP contribution is -2.01. The van der Waals surface area contributed by atoms with Crippen molar-refractivity contribution in [2.45, 2.75) is 32.2 Å². The predicted molar refractivity (Wildman–Crippen MR) is 93.2 cm³/mol. The highest BCUT2D eigenvalue weighted by Gasteiger charge is 2.24. The summed E-state index contributed by atoms with van der Waals surface area (Å²) in [4.78, 5) is 8.61. The van der Waals surface area contributed by atoms with Crippen LogP contribution in [0.4, 0.5) is 0 Å². The van der Waals surface area contributed by atoms with Crippen molar-refractivity contribution >= 4 is 0 Å². The van der Waals surface area contributed by atoms with Crippen molar-refractivity contribution in [1.82, 2.24) is 24.8 Å². The van der Waals surface area contributed by atoms with E-state index in [9.17, 15) is 0 Å². The second-order valence-electron chi connectivity index (χ2n) is 6.50. The van der Waals surface area contributed by atoms with Crippen molar-refractivity contribution in [1.29, 1.82) is 0 Å². The van der Waals surface area contributed by atoms with Gasteiger partial charge < -0.3 is 13.6 Å². The number of aromatic nitrogens is 5. The molecule has 7 nitrogen and oxygen atoms in total. The highest BCUT2D eigenvalue weighted by molar-refractivity contribution is 5.60. The third kappa shape index (κ3) is 2.71. The third-order valence-electron chi connectivity index (χ3n) is 4.69. The first-order valence-electron chi connectivity index (χ1n) is 8.73. The van der Waals surface area contributed by atoms with Gasteiger partial charge in [0.2, 0.25) is 11.6 Å². The van der Waals surface area contributed by atoms with Gasteiger partial charge in [0.1, 0.15) is 0 Å². The highest BCUT2D eigenvalue weighted by atomic mass is 16.5. The molecule has 0 radical (unpaired) electrons. The number of rotatable bonds is 4. The van der Waals surface area contributed by atoms with Crippen molar-refractivity contribution in [3.63, 3.8) is 0 Å². The van der Waals surface area contributed by atoms with Crippen LogP contribution in [0.5, 0.6) is 0 Å². The zero-order chi connectivity index (χ0) is 17.3. The Bertz CT molecular complexity index is 1030. The van der Waals surface area contributed by atoms with Gasteiger partial charge in [-0.15, -0.1) is 0 Å². The molecule has 3 aromatic heterocycles. The lowest BCUT2D eigenvalue weighted by Gasteiger charge is -2.07. The monoisotopic (exact) mass is 347 g/mol. The van der Waals surface area contributed by atoms with Gasteiger partial charge in [-0.05, 0) is 37.3 Å². The van der Waals surface area contributed by atoms with E-state index in [2.05, 4.69) is 32.4 Å². The molecule has 0 saturated carbocycles. The summed E-state index contributed by atoms with van der Waals surface area (Å²) in [5.74, 6) is 1.57. The Morgan fingerprint density at radius 2 is 2.04 bits per heavy atom. The molecule has 0 saturated heterocycles. The predicted octanol–water partition coefficient (Wildman–Crippen LogP) is 3.52. The molecule has 26 heavy (non-hydrogen) atoms. The fraction of sp³-hybridized carbons (Fsp3) is 0.263. The van der Waals surface area contributed by atoms with Crippen LogP contribution in [0, 0.1) is 0 Å². The van der Waals surface area contributed by atoms with Crippen molar-refractivity contribution in [2.24, 2.45) is 0 Å². The summed E-state index contributed by atoms with van der Waals surface area (Å²) in [6.07, 6.45) is 9.70. The molecule has 0 bridgehead atoms. The molecule has 1 aliphatic rings. The molecule has 0 aliphatic heterocycles. The Kier molecular flexibility index (Phi) is 3.62. The van der Waals surface area contributed by atoms with Gasteiger partial charge in [0.25, 0.3) is 5.89 Å². The van der Waals surface area contributed by atoms with E-state index in [0.29, 0.717) is 17.5 Å². The first kappa shape index (κ1) is 15.1. The van der Waals surface area contributed by atoms with Gasteiger partial charge in [-0.3, -0.25) is 0 Å². The zero-order valence-corrected chi connectivity index (χ0v) is 14.1. The van der Waals surface area contributed by atoms with Gasteiger partial charge in [-0.25, -0.2) is 4.98 Å². The van der Waals surface area contributed by atoms with E-state index in [-0.39, 0.29) is 0 Å². The fourth-order valence-electron chi connectivity index (χ4n) is 3.39. The van der Waals surface area contributed by atoms with E-state index in [1.54, 1.807) is 12.5 Å². The Balaban J connectivity index is 1.44. The van der Waals surface area contributed by atoms with Gasteiger partial charge in [-0.2, -0.15) is 4.98 Å². The molecular weight excluding hydrogens is 330 g/mol. The molecule has 0 N–H and O–H groups in total. The third-order valence-corrected chi connectivity index (χ3v) is 4.69. The van der Waals surface area contributed by atoms with E-state index in [0.717, 1.165) is 54.6 Å². The Hall–Kier alpha value is -3.22. The van der Waals surface area contributed by atoms with E-state index >= 15 is 0 Å². The zero-order valence-electron chi connectivity index (χ0n) is 14.1. The van der Waals surface area contributed by atoms with Crippen LogP contribution >= 0.6 is 0 Å². The normalized spacial score (nSPS) is 13.7. The summed E-state index contributed by atoms with van der Waals surface area (Å²) in [5, 5.41) is 8.30. The van der Waals surface area contributed by atoms with E-state index in [1.807, 2.05) is 22.9 Å². The van der Waals surface area contributed by atoms with Crippen LogP contribution in [0.2, 0.25) is 0 Å². The lowest BCUT2D eigenvalue weighted by molar-refractivity contribution is 0.382. The van der Waals surface area contributed by atoms with Crippen LogP contribution in [0.1, 0.15) is 29.7 Å². The maximum absolute atomic E-state index is 5.49. The topological polar surface area (TPSA) is 82.8 Å². The standard InChI is InChI=1S/C19H17N5O2/c1-2-7-16-15(6-1)17(25-22-16)19-21-18(23-26-19)14-5-3-4-13(10-14)11-24-9-8-20-12-24/h3-5,8-10,12H,1-2,6-7,11H2. The summed E-state index contributed by atoms with van der Waals surface area (Å²) >= 11 is 0. The average Bonchev–Trinajstić information content (AvgIpc) is 3.42. The van der Waals surface area contributed by atoms with Crippen LogP contribution in [0.15, 0.2) is 52.0 Å². The highest BCUT2D eigenvalue weighted by Crippen LogP contribution is 2.31. The first-order valence-corrected chi connectivity index (χ1v) is 8.73. The minimum atomic E-state index is 0.399. The SMILES string of the molecule is c1cc(Cn2ccnc2)cc(-c2noc(-c3onc4c3CCCC4)n2)c1. The smallest absolute Gasteiger partial charge is 0.297 e. The molecule has 5 rings (SSSR count). The second-order valence-corrected chi connectivity index (χ2v) is 6.50. The van der Waals surface area contributed by atoms with E-state index in [1.165, 1.54) is 0 Å². The van der Waals surface area contributed by atoms with Crippen LogP contribution in [-0.4, -0.2) is 24.8 Å². The summed E-state index contributed by atoms with van der Waals surface area (Å²) < 4.78 is 13.0. The molecule has 130 valence electrons. The maximum Gasteiger partial charge on any atom is 0.297 e. The molecule has 0 atom stereocenters. The van der Waals surface area contributed by atoms with Gasteiger partial charge in [-0.1, -0.05) is 28.5 Å². The Morgan fingerprint density at radius 1 is 1.08 bits per heavy atom. The Morgan fingerprint density at radius 3 is 2.96 bits per heavy atom. The van der Waals surface area contributed by atoms with E-state index in [4.69, 9.17) is 9.05 Å². The number of hydrogen-bond acceptors (Lipinski definition) is 6. The molecule has 3 heterocycles. The van der Waals surface area contributed by atoms with Gasteiger partial charge in [0.05, 0.1) is 12.0 Å². The minimum absolute atomic E-state index is 0.399. The quantitative estimate of drug-likeness (QED) is 0.562. The molecule has 0 amide bonds. The number of nitrogens with zero attached hydrogens (tertiary/aromatic N) is 5. The molecular formula is C19H17N5O2. The van der Waals surface area contributed by atoms with Crippen LogP contribution in [0.3, 0.4) is 0 Å². The number of benzene rings is 1. The number of imidazole rings is 1. The molecule has 7 heteroatoms. The molecule has 0 unspecified atom stereocenters. The minimum Gasteiger partial charge on any atom is -0.350 e. The van der Waals surface area contributed by atoms with Crippen LogP contribution in [0.25, 0.3) is 23.0 Å². The molecule has 0 fully saturated rings. The number of aryl methyl sites for hydroxylation is 1. The maximum atomic E-state index is 5.49. The molecule has 0 spiro atoms. The van der Waals surface area contributed by atoms with Gasteiger partial charge >= 0.3 is 0 Å². The molecule has 1 aromatic carbocycles. The number of hydrogen-bond donors (Lipinski definition) is 0. The van der Waals surface area contributed by atoms with Crippen molar-refractivity contribution < 1.29 is 9.05 Å². The van der Waals surface area contributed by atoms with Crippen molar-refractivity contribution in [2.75, 3.05) is 0 Å². The Labute approximate surface area is 149 Å². The number of fused-ring (bicyclic) bond motifs is 1. The van der Waals surface area contributed by atoms with Gasteiger partial charge in [0, 0.05) is 30.1 Å². The van der Waals surface area contributed by atoms with Crippen LogP contribution < -0.4 is 0 Å². The van der Waals surface area contributed by atoms with Crippen LogP contribution in [-0.2, 0) is 19.4 Å². The second kappa shape index (κ2) is 6.25. The van der Waals surface area contributed by atoms with Crippen molar-refractivity contribution in [3.8, 4) is 23.0 Å². The molecule has 1 aliphatic carbocycles. The lowest BCUT2D eigenvalue weighted by atomic mass is 9.96. The largest absolute Gasteiger partial charge is 0.350 e. The van der Waals surface area contributed by atoms with E-state index < -0.39 is 0 Å².